The van der Waals surface area contributed by atoms with Crippen molar-refractivity contribution in [3.8, 4) is 0 Å². The fourth-order valence-corrected chi connectivity index (χ4v) is 2.99. The number of benzene rings is 1. The maximum absolute atomic E-state index is 10.5. The third-order valence-electron chi connectivity index (χ3n) is 3.70. The predicted octanol–water partition coefficient (Wildman–Crippen LogP) is 1.60. The molecule has 1 aromatic rings. The van der Waals surface area contributed by atoms with Gasteiger partial charge < -0.3 is 10.1 Å². The van der Waals surface area contributed by atoms with Crippen LogP contribution in [0.3, 0.4) is 0 Å². The first kappa shape index (κ1) is 9.10. The highest BCUT2D eigenvalue weighted by Gasteiger charge is 2.33. The highest BCUT2D eigenvalue weighted by molar-refractivity contribution is 5.56. The van der Waals surface area contributed by atoms with E-state index >= 15 is 0 Å². The van der Waals surface area contributed by atoms with Crippen molar-refractivity contribution in [1.82, 2.24) is 5.32 Å². The van der Waals surface area contributed by atoms with Gasteiger partial charge in [0.25, 0.3) is 0 Å². The number of aldehydes is 1. The normalized spacial score (nSPS) is 27.5. The van der Waals surface area contributed by atoms with Crippen LogP contribution in [0.15, 0.2) is 18.2 Å². The smallest absolute Gasteiger partial charge is 0.124 e. The first-order valence-electron chi connectivity index (χ1n) is 5.65. The summed E-state index contributed by atoms with van der Waals surface area (Å²) in [5.41, 5.74) is 4.17. The van der Waals surface area contributed by atoms with Gasteiger partial charge in [0.2, 0.25) is 0 Å². The third kappa shape index (κ3) is 1.40. The zero-order valence-corrected chi connectivity index (χ0v) is 8.70. The van der Waals surface area contributed by atoms with E-state index in [1.165, 1.54) is 17.5 Å². The van der Waals surface area contributed by atoms with E-state index in [-0.39, 0.29) is 0 Å². The van der Waals surface area contributed by atoms with Gasteiger partial charge in [-0.05, 0) is 34.9 Å². The first-order valence-corrected chi connectivity index (χ1v) is 5.65. The van der Waals surface area contributed by atoms with Crippen molar-refractivity contribution in [2.24, 2.45) is 0 Å². The highest BCUT2D eigenvalue weighted by Crippen LogP contribution is 2.43. The molecule has 1 aromatic carbocycles. The van der Waals surface area contributed by atoms with E-state index in [4.69, 9.17) is 0 Å². The van der Waals surface area contributed by atoms with Gasteiger partial charge in [0.1, 0.15) is 6.29 Å². The van der Waals surface area contributed by atoms with Crippen LogP contribution in [0.25, 0.3) is 0 Å². The zero-order chi connectivity index (χ0) is 10.3. The van der Waals surface area contributed by atoms with Crippen LogP contribution >= 0.6 is 0 Å². The number of carbonyl (C=O) groups is 1. The van der Waals surface area contributed by atoms with Crippen LogP contribution < -0.4 is 5.32 Å². The minimum absolute atomic E-state index is 0.554. The fraction of sp³-hybridized carbons (Fsp3) is 0.462. The second kappa shape index (κ2) is 3.46. The zero-order valence-electron chi connectivity index (χ0n) is 8.70. The molecule has 0 aromatic heterocycles. The summed E-state index contributed by atoms with van der Waals surface area (Å²) >= 11 is 0. The van der Waals surface area contributed by atoms with Crippen LogP contribution in [0.2, 0.25) is 0 Å². The van der Waals surface area contributed by atoms with Crippen LogP contribution in [0.5, 0.6) is 0 Å². The lowest BCUT2D eigenvalue weighted by molar-refractivity contribution is -0.107. The predicted molar refractivity (Wildman–Crippen MR) is 59.2 cm³/mol. The minimum Gasteiger partial charge on any atom is -0.316 e. The molecule has 2 nitrogen and oxygen atoms in total. The van der Waals surface area contributed by atoms with E-state index in [1.54, 1.807) is 0 Å². The number of piperidine rings is 1. The van der Waals surface area contributed by atoms with Gasteiger partial charge in [-0.2, -0.15) is 0 Å². The Morgan fingerprint density at radius 3 is 2.87 bits per heavy atom. The molecule has 2 heteroatoms. The number of rotatable bonds is 2. The summed E-state index contributed by atoms with van der Waals surface area (Å²) < 4.78 is 0. The molecule has 2 bridgehead atoms. The number of carbonyl (C=O) groups excluding carboxylic acids is 1. The van der Waals surface area contributed by atoms with Crippen molar-refractivity contribution < 1.29 is 4.79 Å². The van der Waals surface area contributed by atoms with Crippen molar-refractivity contribution in [1.29, 1.82) is 0 Å². The molecule has 0 radical (unpaired) electrons. The fourth-order valence-electron chi connectivity index (χ4n) is 2.99. The summed E-state index contributed by atoms with van der Waals surface area (Å²) in [7, 11) is 0. The maximum Gasteiger partial charge on any atom is 0.124 e. The molecule has 0 amide bonds. The third-order valence-corrected chi connectivity index (χ3v) is 3.70. The van der Waals surface area contributed by atoms with Crippen molar-refractivity contribution >= 4 is 6.29 Å². The Hall–Kier alpha value is -1.15. The van der Waals surface area contributed by atoms with E-state index in [1.807, 2.05) is 0 Å². The molecule has 1 aliphatic heterocycles. The average Bonchev–Trinajstić information content (AvgIpc) is 2.52. The molecule has 1 fully saturated rings. The number of hydrogen-bond donors (Lipinski definition) is 1. The lowest BCUT2D eigenvalue weighted by atomic mass is 9.97. The number of hydrogen-bond acceptors (Lipinski definition) is 2. The van der Waals surface area contributed by atoms with Gasteiger partial charge in [-0.15, -0.1) is 0 Å². The Bertz CT molecular complexity index is 400. The maximum atomic E-state index is 10.5. The summed E-state index contributed by atoms with van der Waals surface area (Å²) in [4.78, 5) is 10.5. The van der Waals surface area contributed by atoms with Crippen LogP contribution in [-0.4, -0.2) is 19.4 Å². The van der Waals surface area contributed by atoms with Crippen molar-refractivity contribution in [2.45, 2.75) is 24.7 Å². The monoisotopic (exact) mass is 201 g/mol. The van der Waals surface area contributed by atoms with Gasteiger partial charge in [0, 0.05) is 19.5 Å². The largest absolute Gasteiger partial charge is 0.316 e. The molecule has 2 unspecified atom stereocenters. The summed E-state index contributed by atoms with van der Waals surface area (Å²) in [6, 6.07) is 6.57. The Kier molecular flexibility index (Phi) is 2.10. The lowest BCUT2D eigenvalue weighted by Gasteiger charge is -2.19. The van der Waals surface area contributed by atoms with Gasteiger partial charge in [0.15, 0.2) is 0 Å². The molecule has 0 saturated carbocycles. The SMILES string of the molecule is O=CCc1ccc2c(c1)C1CNCC2C1. The molecule has 1 aliphatic carbocycles. The second-order valence-corrected chi connectivity index (χ2v) is 4.62. The van der Waals surface area contributed by atoms with Gasteiger partial charge in [-0.1, -0.05) is 18.2 Å². The van der Waals surface area contributed by atoms with E-state index in [0.717, 1.165) is 24.9 Å². The second-order valence-electron chi connectivity index (χ2n) is 4.62. The van der Waals surface area contributed by atoms with Gasteiger partial charge in [-0.3, -0.25) is 0 Å². The van der Waals surface area contributed by atoms with Crippen LogP contribution in [0.1, 0.15) is 34.9 Å². The number of nitrogens with one attached hydrogen (secondary N) is 1. The van der Waals surface area contributed by atoms with Gasteiger partial charge in [0.05, 0.1) is 0 Å². The average molecular weight is 201 g/mol. The number of fused-ring (bicyclic) bond motifs is 5. The van der Waals surface area contributed by atoms with E-state index in [0.29, 0.717) is 18.3 Å². The van der Waals surface area contributed by atoms with Crippen LogP contribution in [-0.2, 0) is 11.2 Å². The standard InChI is InChI=1S/C13H15NO/c15-4-3-9-1-2-12-10-6-11(8-14-7-10)13(12)5-9/h1-2,4-5,10-11,14H,3,6-8H2. The van der Waals surface area contributed by atoms with E-state index in [2.05, 4.69) is 23.5 Å². The molecule has 1 N–H and O–H groups in total. The molecule has 1 saturated heterocycles. The molecular weight excluding hydrogens is 186 g/mol. The Morgan fingerprint density at radius 1 is 1.27 bits per heavy atom. The molecule has 2 aliphatic rings. The molecule has 3 rings (SSSR count). The van der Waals surface area contributed by atoms with Crippen molar-refractivity contribution in [3.05, 3.63) is 34.9 Å². The minimum atomic E-state index is 0.554. The Morgan fingerprint density at radius 2 is 2.07 bits per heavy atom. The summed E-state index contributed by atoms with van der Waals surface area (Å²) in [5, 5.41) is 3.48. The molecule has 78 valence electrons. The molecule has 2 atom stereocenters. The molecule has 1 heterocycles. The molecule has 0 spiro atoms. The van der Waals surface area contributed by atoms with Crippen molar-refractivity contribution in [3.63, 3.8) is 0 Å². The van der Waals surface area contributed by atoms with Gasteiger partial charge >= 0.3 is 0 Å². The Labute approximate surface area is 89.7 Å². The topological polar surface area (TPSA) is 29.1 Å². The lowest BCUT2D eigenvalue weighted by Crippen LogP contribution is -2.28. The van der Waals surface area contributed by atoms with Gasteiger partial charge in [-0.25, -0.2) is 0 Å². The van der Waals surface area contributed by atoms with Crippen molar-refractivity contribution in [2.75, 3.05) is 13.1 Å². The summed E-state index contributed by atoms with van der Waals surface area (Å²) in [5.74, 6) is 1.40. The highest BCUT2D eigenvalue weighted by atomic mass is 16.1. The quantitative estimate of drug-likeness (QED) is 0.736. The summed E-state index contributed by atoms with van der Waals surface area (Å²) in [6.07, 6.45) is 2.84. The van der Waals surface area contributed by atoms with E-state index in [9.17, 15) is 4.79 Å². The molecular formula is C13H15NO. The van der Waals surface area contributed by atoms with E-state index < -0.39 is 0 Å². The first-order chi connectivity index (χ1) is 7.38. The Balaban J connectivity index is 2.02. The van der Waals surface area contributed by atoms with Crippen LogP contribution in [0, 0.1) is 0 Å². The summed E-state index contributed by atoms with van der Waals surface area (Å²) in [6.45, 7) is 2.23. The van der Waals surface area contributed by atoms with Crippen LogP contribution in [0.4, 0.5) is 0 Å². The molecule has 15 heavy (non-hydrogen) atoms.